The molecule has 5 rings (SSSR count). The first-order valence-electron chi connectivity index (χ1n) is 9.68. The van der Waals surface area contributed by atoms with Gasteiger partial charge in [-0.1, -0.05) is 18.2 Å². The molecule has 0 aliphatic carbocycles. The number of anilines is 2. The Morgan fingerprint density at radius 3 is 2.82 bits per heavy atom. The fourth-order valence-corrected chi connectivity index (χ4v) is 3.92. The number of nitrogens with zero attached hydrogens (tertiary/aromatic N) is 5. The summed E-state index contributed by atoms with van der Waals surface area (Å²) < 4.78 is 1.89. The number of nitrogens with two attached hydrogens (primary N) is 1. The molecule has 0 unspecified atom stereocenters. The van der Waals surface area contributed by atoms with Gasteiger partial charge in [-0.2, -0.15) is 5.10 Å². The number of hydrogen-bond donors (Lipinski definition) is 2. The smallest absolute Gasteiger partial charge is 0.158 e. The Balaban J connectivity index is 1.50. The molecule has 1 aromatic carbocycles. The average Bonchev–Trinajstić information content (AvgIpc) is 3.14. The standard InChI is InChI=1S/C21H23N7/c22-17-7-10-27(11-8-17)13-16-6-12-28-20(16)21(24-14-25-28)26-18-5-1-3-15-4-2-9-23-19(15)18/h1-6,9,12,14,17H,7-8,10-11,13,22H2,(H,24,25,26). The molecule has 1 aliphatic heterocycles. The summed E-state index contributed by atoms with van der Waals surface area (Å²) in [4.78, 5) is 11.5. The second-order valence-corrected chi connectivity index (χ2v) is 7.36. The van der Waals surface area contributed by atoms with Crippen molar-refractivity contribution in [2.45, 2.75) is 25.4 Å². The van der Waals surface area contributed by atoms with E-state index in [1.54, 1.807) is 6.33 Å². The van der Waals surface area contributed by atoms with E-state index in [0.717, 1.165) is 60.4 Å². The Hall–Kier alpha value is -3.03. The number of likely N-dealkylation sites (tertiary alicyclic amines) is 1. The van der Waals surface area contributed by atoms with Crippen molar-refractivity contribution in [2.24, 2.45) is 5.73 Å². The van der Waals surface area contributed by atoms with E-state index in [1.165, 1.54) is 5.56 Å². The maximum atomic E-state index is 6.05. The molecule has 7 nitrogen and oxygen atoms in total. The summed E-state index contributed by atoms with van der Waals surface area (Å²) in [7, 11) is 0. The molecule has 28 heavy (non-hydrogen) atoms. The van der Waals surface area contributed by atoms with Crippen LogP contribution in [0.5, 0.6) is 0 Å². The minimum Gasteiger partial charge on any atom is -0.337 e. The monoisotopic (exact) mass is 373 g/mol. The van der Waals surface area contributed by atoms with E-state index in [0.29, 0.717) is 6.04 Å². The van der Waals surface area contributed by atoms with Crippen molar-refractivity contribution in [1.82, 2.24) is 24.5 Å². The molecule has 1 aliphatic rings. The van der Waals surface area contributed by atoms with Gasteiger partial charge in [0.1, 0.15) is 11.8 Å². The van der Waals surface area contributed by atoms with Gasteiger partial charge in [0.25, 0.3) is 0 Å². The van der Waals surface area contributed by atoms with Crippen LogP contribution in [0, 0.1) is 0 Å². The van der Waals surface area contributed by atoms with Crippen LogP contribution >= 0.6 is 0 Å². The van der Waals surface area contributed by atoms with Crippen LogP contribution in [-0.4, -0.2) is 43.6 Å². The summed E-state index contributed by atoms with van der Waals surface area (Å²) in [6.45, 7) is 2.93. The highest BCUT2D eigenvalue weighted by Gasteiger charge is 2.19. The number of hydrogen-bond acceptors (Lipinski definition) is 6. The number of rotatable bonds is 4. The molecule has 3 aromatic heterocycles. The van der Waals surface area contributed by atoms with Crippen LogP contribution in [0.4, 0.5) is 11.5 Å². The largest absolute Gasteiger partial charge is 0.337 e. The van der Waals surface area contributed by atoms with Gasteiger partial charge in [0.2, 0.25) is 0 Å². The molecular weight excluding hydrogens is 350 g/mol. The zero-order valence-corrected chi connectivity index (χ0v) is 15.6. The normalized spacial score (nSPS) is 16.0. The number of aromatic nitrogens is 4. The minimum atomic E-state index is 0.335. The van der Waals surface area contributed by atoms with Gasteiger partial charge in [-0.05, 0) is 49.7 Å². The minimum absolute atomic E-state index is 0.335. The first-order chi connectivity index (χ1) is 13.8. The van der Waals surface area contributed by atoms with Crippen LogP contribution in [0.15, 0.2) is 55.1 Å². The third-order valence-corrected chi connectivity index (χ3v) is 5.45. The molecule has 4 heterocycles. The van der Waals surface area contributed by atoms with Gasteiger partial charge < -0.3 is 11.1 Å². The Bertz CT molecular complexity index is 1110. The van der Waals surface area contributed by atoms with Crippen molar-refractivity contribution in [1.29, 1.82) is 0 Å². The van der Waals surface area contributed by atoms with Gasteiger partial charge in [0, 0.05) is 30.4 Å². The van der Waals surface area contributed by atoms with Gasteiger partial charge in [0.15, 0.2) is 5.82 Å². The molecular formula is C21H23N7. The number of pyridine rings is 1. The van der Waals surface area contributed by atoms with Crippen LogP contribution in [0.3, 0.4) is 0 Å². The second kappa shape index (κ2) is 7.18. The number of piperidine rings is 1. The second-order valence-electron chi connectivity index (χ2n) is 7.36. The number of para-hydroxylation sites is 1. The summed E-state index contributed by atoms with van der Waals surface area (Å²) in [5, 5.41) is 8.97. The predicted octanol–water partition coefficient (Wildman–Crippen LogP) is 2.94. The van der Waals surface area contributed by atoms with E-state index in [4.69, 9.17) is 5.73 Å². The van der Waals surface area contributed by atoms with E-state index in [9.17, 15) is 0 Å². The number of fused-ring (bicyclic) bond motifs is 2. The fourth-order valence-electron chi connectivity index (χ4n) is 3.92. The molecule has 3 N–H and O–H groups in total. The highest BCUT2D eigenvalue weighted by Crippen LogP contribution is 2.28. The van der Waals surface area contributed by atoms with Crippen molar-refractivity contribution < 1.29 is 0 Å². The highest BCUT2D eigenvalue weighted by atomic mass is 15.3. The molecule has 0 bridgehead atoms. The molecule has 0 saturated carbocycles. The number of nitrogens with one attached hydrogen (secondary N) is 1. The summed E-state index contributed by atoms with van der Waals surface area (Å²) >= 11 is 0. The average molecular weight is 373 g/mol. The maximum Gasteiger partial charge on any atom is 0.158 e. The van der Waals surface area contributed by atoms with Crippen LogP contribution < -0.4 is 11.1 Å². The molecule has 4 aromatic rings. The first-order valence-corrected chi connectivity index (χ1v) is 9.68. The van der Waals surface area contributed by atoms with Crippen LogP contribution in [0.1, 0.15) is 18.4 Å². The Kier molecular flexibility index (Phi) is 4.38. The molecule has 0 amide bonds. The third kappa shape index (κ3) is 3.19. The fraction of sp³-hybridized carbons (Fsp3) is 0.286. The molecule has 0 atom stereocenters. The Morgan fingerprint density at radius 2 is 1.93 bits per heavy atom. The van der Waals surface area contributed by atoms with Crippen LogP contribution in [-0.2, 0) is 6.54 Å². The lowest BCUT2D eigenvalue weighted by atomic mass is 10.1. The van der Waals surface area contributed by atoms with E-state index < -0.39 is 0 Å². The molecule has 0 radical (unpaired) electrons. The lowest BCUT2D eigenvalue weighted by Crippen LogP contribution is -2.39. The Labute approximate surface area is 163 Å². The quantitative estimate of drug-likeness (QED) is 0.572. The Morgan fingerprint density at radius 1 is 1.07 bits per heavy atom. The van der Waals surface area contributed by atoms with E-state index in [2.05, 4.69) is 43.5 Å². The van der Waals surface area contributed by atoms with Gasteiger partial charge in [-0.25, -0.2) is 9.50 Å². The van der Waals surface area contributed by atoms with Crippen molar-refractivity contribution in [3.05, 3.63) is 60.7 Å². The van der Waals surface area contributed by atoms with Gasteiger partial charge >= 0.3 is 0 Å². The van der Waals surface area contributed by atoms with Gasteiger partial charge in [0.05, 0.1) is 11.2 Å². The molecule has 1 fully saturated rings. The topological polar surface area (TPSA) is 84.4 Å². The summed E-state index contributed by atoms with van der Waals surface area (Å²) in [5.41, 5.74) is 10.1. The lowest BCUT2D eigenvalue weighted by molar-refractivity contribution is 0.206. The predicted molar refractivity (Wildman–Crippen MR) is 110 cm³/mol. The van der Waals surface area contributed by atoms with Gasteiger partial charge in [-0.3, -0.25) is 9.88 Å². The van der Waals surface area contributed by atoms with Gasteiger partial charge in [-0.15, -0.1) is 0 Å². The maximum absolute atomic E-state index is 6.05. The van der Waals surface area contributed by atoms with Crippen molar-refractivity contribution in [3.8, 4) is 0 Å². The van der Waals surface area contributed by atoms with Crippen LogP contribution in [0.25, 0.3) is 16.4 Å². The first kappa shape index (κ1) is 17.1. The van der Waals surface area contributed by atoms with E-state index in [1.807, 2.05) is 35.1 Å². The third-order valence-electron chi connectivity index (χ3n) is 5.45. The zero-order chi connectivity index (χ0) is 18.9. The zero-order valence-electron chi connectivity index (χ0n) is 15.6. The van der Waals surface area contributed by atoms with Crippen molar-refractivity contribution in [2.75, 3.05) is 18.4 Å². The summed E-state index contributed by atoms with van der Waals surface area (Å²) in [6.07, 6.45) is 7.49. The molecule has 1 saturated heterocycles. The molecule has 7 heteroatoms. The van der Waals surface area contributed by atoms with E-state index in [-0.39, 0.29) is 0 Å². The van der Waals surface area contributed by atoms with E-state index >= 15 is 0 Å². The summed E-state index contributed by atoms with van der Waals surface area (Å²) in [6, 6.07) is 12.6. The SMILES string of the molecule is NC1CCN(Cc2ccn3ncnc(Nc4cccc5cccnc45)c23)CC1. The number of benzene rings is 1. The van der Waals surface area contributed by atoms with Crippen molar-refractivity contribution >= 4 is 27.9 Å². The molecule has 0 spiro atoms. The summed E-state index contributed by atoms with van der Waals surface area (Å²) in [5.74, 6) is 0.793. The molecule has 142 valence electrons. The van der Waals surface area contributed by atoms with Crippen LogP contribution in [0.2, 0.25) is 0 Å². The highest BCUT2D eigenvalue weighted by molar-refractivity contribution is 5.93. The lowest BCUT2D eigenvalue weighted by Gasteiger charge is -2.29. The van der Waals surface area contributed by atoms with Crippen molar-refractivity contribution in [3.63, 3.8) is 0 Å².